The third-order valence-corrected chi connectivity index (χ3v) is 6.40. The number of sulfonamides is 1. The molecule has 1 aromatic carbocycles. The van der Waals surface area contributed by atoms with Crippen molar-refractivity contribution < 1.29 is 23.1 Å². The van der Waals surface area contributed by atoms with E-state index in [0.29, 0.717) is 13.0 Å². The summed E-state index contributed by atoms with van der Waals surface area (Å²) in [5.41, 5.74) is 0.871. The Bertz CT molecular complexity index is 775. The molecule has 4 atom stereocenters. The number of nitrogens with two attached hydrogens (primary N) is 1. The average molecular weight is 366 g/mol. The Balaban J connectivity index is 1.55. The number of carboxylic acid groups (broad SMARTS) is 1. The molecular weight excluding hydrogens is 344 g/mol. The van der Waals surface area contributed by atoms with E-state index in [0.717, 1.165) is 24.8 Å². The van der Waals surface area contributed by atoms with Crippen molar-refractivity contribution in [3.05, 3.63) is 29.8 Å². The number of aliphatic carboxylic acids is 1. The van der Waals surface area contributed by atoms with E-state index in [1.54, 1.807) is 12.1 Å². The predicted molar refractivity (Wildman–Crippen MR) is 90.0 cm³/mol. The van der Waals surface area contributed by atoms with Crippen molar-refractivity contribution in [2.75, 3.05) is 6.54 Å². The molecule has 1 aromatic rings. The molecule has 25 heavy (non-hydrogen) atoms. The maximum Gasteiger partial charge on any atom is 0.307 e. The zero-order valence-electron chi connectivity index (χ0n) is 13.7. The van der Waals surface area contributed by atoms with Gasteiger partial charge in [0, 0.05) is 6.54 Å². The molecule has 2 saturated carbocycles. The van der Waals surface area contributed by atoms with E-state index in [1.807, 2.05) is 0 Å². The Morgan fingerprint density at radius 3 is 2.28 bits per heavy atom. The van der Waals surface area contributed by atoms with Crippen LogP contribution >= 0.6 is 0 Å². The summed E-state index contributed by atoms with van der Waals surface area (Å²) in [7, 11) is -3.71. The van der Waals surface area contributed by atoms with Crippen LogP contribution in [0.1, 0.15) is 24.8 Å². The molecule has 4 N–H and O–H groups in total. The highest BCUT2D eigenvalue weighted by Crippen LogP contribution is 2.52. The molecule has 3 rings (SSSR count). The zero-order chi connectivity index (χ0) is 18.2. The minimum absolute atomic E-state index is 0.0477. The van der Waals surface area contributed by atoms with Crippen LogP contribution in [0.15, 0.2) is 29.2 Å². The second kappa shape index (κ2) is 6.76. The number of hydrogen-bond acceptors (Lipinski definition) is 4. The lowest BCUT2D eigenvalue weighted by Gasteiger charge is -2.27. The number of hydrogen-bond donors (Lipinski definition) is 3. The number of primary sulfonamides is 1. The summed E-state index contributed by atoms with van der Waals surface area (Å²) >= 11 is 0. The van der Waals surface area contributed by atoms with Crippen molar-refractivity contribution >= 4 is 21.9 Å². The maximum absolute atomic E-state index is 12.5. The molecule has 7 nitrogen and oxygen atoms in total. The summed E-state index contributed by atoms with van der Waals surface area (Å²) in [6.45, 7) is 0.383. The van der Waals surface area contributed by atoms with Crippen LogP contribution in [0.2, 0.25) is 0 Å². The van der Waals surface area contributed by atoms with Crippen molar-refractivity contribution in [1.82, 2.24) is 5.32 Å². The number of rotatable bonds is 6. The van der Waals surface area contributed by atoms with Crippen molar-refractivity contribution in [3.8, 4) is 0 Å². The number of carbonyl (C=O) groups excluding carboxylic acids is 1. The highest BCUT2D eigenvalue weighted by Gasteiger charge is 2.53. The third kappa shape index (κ3) is 3.69. The van der Waals surface area contributed by atoms with Gasteiger partial charge in [-0.25, -0.2) is 13.6 Å². The van der Waals surface area contributed by atoms with Gasteiger partial charge in [-0.2, -0.15) is 0 Å². The summed E-state index contributed by atoms with van der Waals surface area (Å²) in [5, 5.41) is 17.3. The summed E-state index contributed by atoms with van der Waals surface area (Å²) in [6, 6.07) is 6.18. The van der Waals surface area contributed by atoms with Crippen molar-refractivity contribution in [3.63, 3.8) is 0 Å². The fraction of sp³-hybridized carbons (Fsp3) is 0.529. The standard InChI is InChI=1S/C17H22N2O5S/c18-25(23,24)13-5-1-10(2-6-13)7-8-19-16(20)14-11-3-4-12(9-11)15(14)17(21)22/h1-2,5-6,11-12,14-15H,3-4,7-9H2,(H,19,20)(H,21,22)(H2,18,23,24)/t11-,12+,14+,15+/m1/s1. The van der Waals surface area contributed by atoms with Gasteiger partial charge in [0.2, 0.25) is 15.9 Å². The lowest BCUT2D eigenvalue weighted by atomic mass is 9.78. The first-order valence-electron chi connectivity index (χ1n) is 8.39. The molecule has 0 spiro atoms. The number of carbonyl (C=O) groups is 2. The first kappa shape index (κ1) is 17.9. The van der Waals surface area contributed by atoms with Crippen LogP contribution in [-0.2, 0) is 26.0 Å². The normalized spacial score (nSPS) is 28.0. The van der Waals surface area contributed by atoms with Crippen LogP contribution in [0.5, 0.6) is 0 Å². The minimum atomic E-state index is -3.71. The van der Waals surface area contributed by atoms with Crippen LogP contribution in [-0.4, -0.2) is 31.9 Å². The molecule has 0 aromatic heterocycles. The van der Waals surface area contributed by atoms with Crippen LogP contribution in [0.4, 0.5) is 0 Å². The molecule has 2 aliphatic rings. The second-order valence-electron chi connectivity index (χ2n) is 6.95. The fourth-order valence-electron chi connectivity index (χ4n) is 4.32. The topological polar surface area (TPSA) is 127 Å². The van der Waals surface area contributed by atoms with Gasteiger partial charge in [-0.05, 0) is 55.2 Å². The number of fused-ring (bicyclic) bond motifs is 2. The van der Waals surface area contributed by atoms with Crippen LogP contribution in [0.25, 0.3) is 0 Å². The minimum Gasteiger partial charge on any atom is -0.481 e. The highest BCUT2D eigenvalue weighted by atomic mass is 32.2. The largest absolute Gasteiger partial charge is 0.481 e. The van der Waals surface area contributed by atoms with Gasteiger partial charge in [-0.3, -0.25) is 9.59 Å². The Morgan fingerprint density at radius 1 is 1.12 bits per heavy atom. The molecule has 8 heteroatoms. The van der Waals surface area contributed by atoms with Crippen molar-refractivity contribution in [2.24, 2.45) is 28.8 Å². The summed E-state index contributed by atoms with van der Waals surface area (Å²) < 4.78 is 22.4. The molecule has 0 heterocycles. The molecule has 2 bridgehead atoms. The van der Waals surface area contributed by atoms with Gasteiger partial charge in [-0.1, -0.05) is 12.1 Å². The van der Waals surface area contributed by atoms with Gasteiger partial charge < -0.3 is 10.4 Å². The van der Waals surface area contributed by atoms with Gasteiger partial charge in [-0.15, -0.1) is 0 Å². The van der Waals surface area contributed by atoms with E-state index in [1.165, 1.54) is 12.1 Å². The quantitative estimate of drug-likeness (QED) is 0.684. The van der Waals surface area contributed by atoms with Gasteiger partial charge >= 0.3 is 5.97 Å². The van der Waals surface area contributed by atoms with Crippen molar-refractivity contribution in [2.45, 2.75) is 30.6 Å². The first-order valence-corrected chi connectivity index (χ1v) is 9.94. The molecule has 0 radical (unpaired) electrons. The SMILES string of the molecule is NS(=O)(=O)c1ccc(CCNC(=O)[C@H]2[C@@H]3CC[C@@H](C3)[C@@H]2C(=O)O)cc1. The van der Waals surface area contributed by atoms with E-state index in [4.69, 9.17) is 5.14 Å². The Hall–Kier alpha value is -1.93. The monoisotopic (exact) mass is 366 g/mol. The highest BCUT2D eigenvalue weighted by molar-refractivity contribution is 7.89. The lowest BCUT2D eigenvalue weighted by Crippen LogP contribution is -2.41. The van der Waals surface area contributed by atoms with Gasteiger partial charge in [0.15, 0.2) is 0 Å². The molecule has 2 aliphatic carbocycles. The van der Waals surface area contributed by atoms with E-state index >= 15 is 0 Å². The molecule has 0 aliphatic heterocycles. The molecule has 0 unspecified atom stereocenters. The molecule has 2 fully saturated rings. The Kier molecular flexibility index (Phi) is 4.83. The molecule has 1 amide bonds. The number of nitrogens with one attached hydrogen (secondary N) is 1. The molecule has 0 saturated heterocycles. The molecular formula is C17H22N2O5S. The number of carboxylic acids is 1. The maximum atomic E-state index is 12.5. The lowest BCUT2D eigenvalue weighted by molar-refractivity contribution is -0.149. The van der Waals surface area contributed by atoms with E-state index in [-0.39, 0.29) is 22.6 Å². The van der Waals surface area contributed by atoms with Crippen molar-refractivity contribution in [1.29, 1.82) is 0 Å². The average Bonchev–Trinajstić information content (AvgIpc) is 3.15. The summed E-state index contributed by atoms with van der Waals surface area (Å²) in [6.07, 6.45) is 3.21. The fourth-order valence-corrected chi connectivity index (χ4v) is 4.83. The predicted octanol–water partition coefficient (Wildman–Crippen LogP) is 0.740. The van der Waals surface area contributed by atoms with Crippen LogP contribution in [0, 0.1) is 23.7 Å². The second-order valence-corrected chi connectivity index (χ2v) is 8.51. The van der Waals surface area contributed by atoms with Gasteiger partial charge in [0.25, 0.3) is 0 Å². The van der Waals surface area contributed by atoms with Crippen LogP contribution < -0.4 is 10.5 Å². The first-order chi connectivity index (χ1) is 11.8. The van der Waals surface area contributed by atoms with E-state index < -0.39 is 27.8 Å². The van der Waals surface area contributed by atoms with E-state index in [2.05, 4.69) is 5.32 Å². The Labute approximate surface area is 146 Å². The Morgan fingerprint density at radius 2 is 1.72 bits per heavy atom. The third-order valence-electron chi connectivity index (χ3n) is 5.47. The van der Waals surface area contributed by atoms with E-state index in [9.17, 15) is 23.1 Å². The van der Waals surface area contributed by atoms with Gasteiger partial charge in [0.1, 0.15) is 0 Å². The van der Waals surface area contributed by atoms with Gasteiger partial charge in [0.05, 0.1) is 16.7 Å². The summed E-state index contributed by atoms with van der Waals surface area (Å²) in [4.78, 5) is 24.0. The summed E-state index contributed by atoms with van der Waals surface area (Å²) in [5.74, 6) is -1.73. The number of benzene rings is 1. The molecule has 136 valence electrons. The smallest absolute Gasteiger partial charge is 0.307 e. The zero-order valence-corrected chi connectivity index (χ0v) is 14.5. The van der Waals surface area contributed by atoms with Crippen LogP contribution in [0.3, 0.4) is 0 Å². The number of amides is 1.